The van der Waals surface area contributed by atoms with Gasteiger partial charge in [0, 0.05) is 26.1 Å². The molecule has 8 heteroatoms. The Morgan fingerprint density at radius 2 is 2.00 bits per heavy atom. The largest absolute Gasteiger partial charge is 0.481 e. The third-order valence-corrected chi connectivity index (χ3v) is 5.10. The molecule has 0 saturated carbocycles. The van der Waals surface area contributed by atoms with Gasteiger partial charge in [0.1, 0.15) is 0 Å². The van der Waals surface area contributed by atoms with E-state index in [-0.39, 0.29) is 12.3 Å². The summed E-state index contributed by atoms with van der Waals surface area (Å²) in [7, 11) is -3.43. The van der Waals surface area contributed by atoms with Crippen LogP contribution in [-0.4, -0.2) is 56.6 Å². The first kappa shape index (κ1) is 17.4. The molecule has 1 fully saturated rings. The van der Waals surface area contributed by atoms with E-state index >= 15 is 0 Å². The van der Waals surface area contributed by atoms with Crippen molar-refractivity contribution in [1.82, 2.24) is 9.03 Å². The number of hydrogen-bond acceptors (Lipinski definition) is 4. The van der Waals surface area contributed by atoms with Crippen molar-refractivity contribution >= 4 is 16.2 Å². The van der Waals surface area contributed by atoms with Crippen LogP contribution in [0.2, 0.25) is 0 Å². The summed E-state index contributed by atoms with van der Waals surface area (Å²) in [5.74, 6) is -0.573. The van der Waals surface area contributed by atoms with Crippen LogP contribution in [-0.2, 0) is 19.7 Å². The molecular weight excluding hydrogens is 284 g/mol. The monoisotopic (exact) mass is 308 g/mol. The summed E-state index contributed by atoms with van der Waals surface area (Å²) in [5, 5.41) is 8.65. The lowest BCUT2D eigenvalue weighted by atomic mass is 9.97. The van der Waals surface area contributed by atoms with Crippen molar-refractivity contribution < 1.29 is 23.1 Å². The molecule has 2 N–H and O–H groups in total. The van der Waals surface area contributed by atoms with Crippen LogP contribution in [0.3, 0.4) is 0 Å². The van der Waals surface area contributed by atoms with E-state index in [2.05, 4.69) is 4.72 Å². The fourth-order valence-electron chi connectivity index (χ4n) is 2.15. The molecule has 0 bridgehead atoms. The molecule has 1 heterocycles. The van der Waals surface area contributed by atoms with Gasteiger partial charge in [-0.15, -0.1) is 0 Å². The fraction of sp³-hybridized carbons (Fsp3) is 0.917. The fourth-order valence-corrected chi connectivity index (χ4v) is 3.34. The minimum atomic E-state index is -3.43. The van der Waals surface area contributed by atoms with Crippen molar-refractivity contribution in [3.05, 3.63) is 0 Å². The van der Waals surface area contributed by atoms with Gasteiger partial charge >= 0.3 is 5.97 Å². The third-order valence-electron chi connectivity index (χ3n) is 3.49. The summed E-state index contributed by atoms with van der Waals surface area (Å²) >= 11 is 0. The van der Waals surface area contributed by atoms with Crippen LogP contribution in [0.5, 0.6) is 0 Å². The van der Waals surface area contributed by atoms with Gasteiger partial charge in [0.15, 0.2) is 0 Å². The van der Waals surface area contributed by atoms with Crippen molar-refractivity contribution in [2.45, 2.75) is 32.6 Å². The van der Waals surface area contributed by atoms with Crippen LogP contribution in [0.15, 0.2) is 0 Å². The lowest BCUT2D eigenvalue weighted by molar-refractivity contribution is -0.137. The molecule has 1 atom stereocenters. The minimum Gasteiger partial charge on any atom is -0.481 e. The number of ether oxygens (including phenoxy) is 1. The van der Waals surface area contributed by atoms with Gasteiger partial charge in [-0.05, 0) is 18.8 Å². The smallest absolute Gasteiger partial charge is 0.303 e. The normalized spacial score (nSPS) is 18.9. The molecule has 1 saturated heterocycles. The molecule has 7 nitrogen and oxygen atoms in total. The number of morpholine rings is 1. The van der Waals surface area contributed by atoms with Crippen molar-refractivity contribution in [1.29, 1.82) is 0 Å². The maximum absolute atomic E-state index is 12.0. The van der Waals surface area contributed by atoms with E-state index in [9.17, 15) is 13.2 Å². The first-order valence-corrected chi connectivity index (χ1v) is 8.44. The Balaban J connectivity index is 2.31. The first-order valence-electron chi connectivity index (χ1n) is 7.00. The van der Waals surface area contributed by atoms with Gasteiger partial charge in [0.2, 0.25) is 0 Å². The van der Waals surface area contributed by atoms with Crippen LogP contribution in [0, 0.1) is 5.92 Å². The molecular formula is C12H24N2O5S. The zero-order valence-electron chi connectivity index (χ0n) is 11.9. The summed E-state index contributed by atoms with van der Waals surface area (Å²) in [6.07, 6.45) is 2.24. The molecule has 0 aromatic rings. The van der Waals surface area contributed by atoms with E-state index in [1.165, 1.54) is 4.31 Å². The number of aliphatic carboxylic acids is 1. The van der Waals surface area contributed by atoms with Crippen molar-refractivity contribution in [3.63, 3.8) is 0 Å². The van der Waals surface area contributed by atoms with Crippen LogP contribution < -0.4 is 4.72 Å². The number of rotatable bonds is 9. The third kappa shape index (κ3) is 6.17. The Morgan fingerprint density at radius 3 is 2.55 bits per heavy atom. The highest BCUT2D eigenvalue weighted by molar-refractivity contribution is 7.87. The summed E-state index contributed by atoms with van der Waals surface area (Å²) < 4.78 is 33.1. The van der Waals surface area contributed by atoms with Gasteiger partial charge in [0.05, 0.1) is 13.2 Å². The lowest BCUT2D eigenvalue weighted by Gasteiger charge is -2.26. The molecule has 0 radical (unpaired) electrons. The number of carboxylic acids is 1. The second kappa shape index (κ2) is 8.56. The van der Waals surface area contributed by atoms with Gasteiger partial charge in [-0.3, -0.25) is 4.79 Å². The van der Waals surface area contributed by atoms with Crippen LogP contribution in [0.1, 0.15) is 32.6 Å². The number of carbonyl (C=O) groups is 1. The van der Waals surface area contributed by atoms with Crippen LogP contribution >= 0.6 is 0 Å². The summed E-state index contributed by atoms with van der Waals surface area (Å²) in [5.41, 5.74) is 0. The van der Waals surface area contributed by atoms with Crippen molar-refractivity contribution in [2.75, 3.05) is 32.8 Å². The molecule has 0 aromatic heterocycles. The molecule has 1 aliphatic rings. The Labute approximate surface area is 120 Å². The second-order valence-corrected chi connectivity index (χ2v) is 6.66. The molecule has 0 aliphatic carbocycles. The zero-order chi connectivity index (χ0) is 15.0. The Kier molecular flexibility index (Phi) is 7.42. The maximum Gasteiger partial charge on any atom is 0.303 e. The molecule has 118 valence electrons. The van der Waals surface area contributed by atoms with E-state index in [1.807, 2.05) is 6.92 Å². The number of nitrogens with one attached hydrogen (secondary N) is 1. The Hall–Kier alpha value is -0.700. The summed E-state index contributed by atoms with van der Waals surface area (Å²) in [4.78, 5) is 10.5. The highest BCUT2D eigenvalue weighted by atomic mass is 32.2. The maximum atomic E-state index is 12.0. The van der Waals surface area contributed by atoms with Gasteiger partial charge in [0.25, 0.3) is 10.2 Å². The van der Waals surface area contributed by atoms with E-state index in [1.54, 1.807) is 0 Å². The number of hydrogen-bond donors (Lipinski definition) is 2. The van der Waals surface area contributed by atoms with Gasteiger partial charge in [-0.2, -0.15) is 12.7 Å². The van der Waals surface area contributed by atoms with Gasteiger partial charge in [-0.1, -0.05) is 13.3 Å². The predicted molar refractivity (Wildman–Crippen MR) is 74.6 cm³/mol. The van der Waals surface area contributed by atoms with E-state index < -0.39 is 16.2 Å². The Bertz CT molecular complexity index is 393. The zero-order valence-corrected chi connectivity index (χ0v) is 12.7. The highest BCUT2D eigenvalue weighted by Gasteiger charge is 2.23. The highest BCUT2D eigenvalue weighted by Crippen LogP contribution is 2.15. The SMILES string of the molecule is CCC(CCNS(=O)(=O)N1CCOCC1)CCC(=O)O. The van der Waals surface area contributed by atoms with Crippen LogP contribution in [0.25, 0.3) is 0 Å². The van der Waals surface area contributed by atoms with E-state index in [0.29, 0.717) is 45.7 Å². The Morgan fingerprint density at radius 1 is 1.35 bits per heavy atom. The summed E-state index contributed by atoms with van der Waals surface area (Å²) in [6, 6.07) is 0. The number of carboxylic acid groups (broad SMARTS) is 1. The predicted octanol–water partition coefficient (Wildman–Crippen LogP) is 0.434. The molecule has 0 spiro atoms. The minimum absolute atomic E-state index is 0.134. The molecule has 0 aromatic carbocycles. The molecule has 1 aliphatic heterocycles. The average Bonchev–Trinajstić information content (AvgIpc) is 2.43. The quantitative estimate of drug-likeness (QED) is 0.644. The number of nitrogens with zero attached hydrogens (tertiary/aromatic N) is 1. The first-order chi connectivity index (χ1) is 9.45. The van der Waals surface area contributed by atoms with Crippen molar-refractivity contribution in [3.8, 4) is 0 Å². The topological polar surface area (TPSA) is 95.9 Å². The van der Waals surface area contributed by atoms with Crippen molar-refractivity contribution in [2.24, 2.45) is 5.92 Å². The molecule has 20 heavy (non-hydrogen) atoms. The standard InChI is InChI=1S/C12H24N2O5S/c1-2-11(3-4-12(15)16)5-6-13-20(17,18)14-7-9-19-10-8-14/h11,13H,2-10H2,1H3,(H,15,16). The van der Waals surface area contributed by atoms with Crippen LogP contribution in [0.4, 0.5) is 0 Å². The van der Waals surface area contributed by atoms with E-state index in [4.69, 9.17) is 9.84 Å². The lowest BCUT2D eigenvalue weighted by Crippen LogP contribution is -2.47. The average molecular weight is 308 g/mol. The summed E-state index contributed by atoms with van der Waals surface area (Å²) in [6.45, 7) is 3.95. The van der Waals surface area contributed by atoms with Gasteiger partial charge < -0.3 is 9.84 Å². The molecule has 1 rings (SSSR count). The molecule has 0 amide bonds. The van der Waals surface area contributed by atoms with E-state index in [0.717, 1.165) is 6.42 Å². The van der Waals surface area contributed by atoms with Gasteiger partial charge in [-0.25, -0.2) is 4.72 Å². The molecule has 1 unspecified atom stereocenters. The second-order valence-electron chi connectivity index (χ2n) is 4.91.